The van der Waals surface area contributed by atoms with Gasteiger partial charge in [-0.15, -0.1) is 0 Å². The van der Waals surface area contributed by atoms with Gasteiger partial charge in [-0.3, -0.25) is 4.79 Å². The highest BCUT2D eigenvalue weighted by Crippen LogP contribution is 2.31. The lowest BCUT2D eigenvalue weighted by Gasteiger charge is -2.15. The quantitative estimate of drug-likeness (QED) is 0.784. The molecule has 1 N–H and O–H groups in total. The molecule has 1 aromatic rings. The zero-order chi connectivity index (χ0) is 17.2. The molecule has 0 radical (unpaired) electrons. The summed E-state index contributed by atoms with van der Waals surface area (Å²) in [4.78, 5) is 13.5. The van der Waals surface area contributed by atoms with Crippen LogP contribution in [0, 0.1) is 0 Å². The Morgan fingerprint density at radius 2 is 2.08 bits per heavy atom. The predicted octanol–water partition coefficient (Wildman–Crippen LogP) is 2.55. The summed E-state index contributed by atoms with van der Waals surface area (Å²) in [5.74, 6) is 0.805. The van der Waals surface area contributed by atoms with E-state index in [1.807, 2.05) is 11.8 Å². The Labute approximate surface area is 148 Å². The summed E-state index contributed by atoms with van der Waals surface area (Å²) in [6.45, 7) is 2.61. The van der Waals surface area contributed by atoms with Crippen molar-refractivity contribution in [3.63, 3.8) is 0 Å². The zero-order valence-corrected chi connectivity index (χ0v) is 15.6. The third kappa shape index (κ3) is 3.95. The van der Waals surface area contributed by atoms with Crippen LogP contribution in [-0.2, 0) is 21.2 Å². The van der Waals surface area contributed by atoms with Crippen molar-refractivity contribution in [1.29, 1.82) is 0 Å². The second-order valence-electron chi connectivity index (χ2n) is 6.39. The normalized spacial score (nSPS) is 18.1. The molecule has 0 saturated heterocycles. The van der Waals surface area contributed by atoms with Crippen LogP contribution in [0.25, 0.3) is 0 Å². The maximum absolute atomic E-state index is 12.4. The molecule has 0 spiro atoms. The molecule has 1 aromatic carbocycles. The van der Waals surface area contributed by atoms with Gasteiger partial charge in [-0.25, -0.2) is 13.1 Å². The third-order valence-corrected chi connectivity index (χ3v) is 7.53. The molecule has 0 aromatic heterocycles. The van der Waals surface area contributed by atoms with E-state index in [2.05, 4.69) is 4.72 Å². The minimum atomic E-state index is -3.48. The van der Waals surface area contributed by atoms with Crippen molar-refractivity contribution in [3.8, 4) is 0 Å². The Hall–Kier alpha value is -1.05. The molecule has 7 heteroatoms. The van der Waals surface area contributed by atoms with Crippen molar-refractivity contribution < 1.29 is 13.2 Å². The van der Waals surface area contributed by atoms with Gasteiger partial charge < -0.3 is 4.90 Å². The Balaban J connectivity index is 1.59. The molecular formula is C17H24N2O3S2. The third-order valence-electron chi connectivity index (χ3n) is 4.69. The number of thioether (sulfide) groups is 1. The molecule has 5 nitrogen and oxygen atoms in total. The van der Waals surface area contributed by atoms with Crippen molar-refractivity contribution in [3.05, 3.63) is 23.8 Å². The minimum Gasteiger partial charge on any atom is -0.312 e. The van der Waals surface area contributed by atoms with Crippen LogP contribution in [0.1, 0.15) is 38.2 Å². The fourth-order valence-electron chi connectivity index (χ4n) is 3.41. The van der Waals surface area contributed by atoms with Crippen LogP contribution in [-0.4, -0.2) is 38.4 Å². The van der Waals surface area contributed by atoms with Crippen LogP contribution < -0.4 is 9.62 Å². The Morgan fingerprint density at radius 1 is 1.33 bits per heavy atom. The number of rotatable bonds is 6. The average molecular weight is 369 g/mol. The standard InChI is InChI=1S/C17H24N2O3S2/c1-13(20)19-10-8-14-12-16(6-7-17(14)19)24(21,22)18-9-11-23-15-4-2-3-5-15/h6-7,12,15,18H,2-5,8-11H2,1H3. The molecule has 1 amide bonds. The Bertz CT molecular complexity index is 713. The number of benzene rings is 1. The molecular weight excluding hydrogens is 344 g/mol. The van der Waals surface area contributed by atoms with Gasteiger partial charge in [-0.2, -0.15) is 11.8 Å². The molecule has 0 unspecified atom stereocenters. The molecule has 132 valence electrons. The van der Waals surface area contributed by atoms with Gasteiger partial charge in [0.2, 0.25) is 15.9 Å². The first kappa shape index (κ1) is 17.8. The molecule has 1 aliphatic carbocycles. The lowest BCUT2D eigenvalue weighted by atomic mass is 10.2. The van der Waals surface area contributed by atoms with Crippen molar-refractivity contribution in [1.82, 2.24) is 4.72 Å². The molecule has 0 atom stereocenters. The van der Waals surface area contributed by atoms with Gasteiger partial charge in [0.05, 0.1) is 4.90 Å². The number of amides is 1. The average Bonchev–Trinajstić information content (AvgIpc) is 3.20. The molecule has 2 aliphatic rings. The molecule has 1 saturated carbocycles. The lowest BCUT2D eigenvalue weighted by Crippen LogP contribution is -2.27. The number of carbonyl (C=O) groups excluding carboxylic acids is 1. The van der Waals surface area contributed by atoms with Gasteiger partial charge in [-0.1, -0.05) is 12.8 Å². The van der Waals surface area contributed by atoms with Gasteiger partial charge in [-0.05, 0) is 43.0 Å². The van der Waals surface area contributed by atoms with E-state index in [9.17, 15) is 13.2 Å². The van der Waals surface area contributed by atoms with Gasteiger partial charge >= 0.3 is 0 Å². The molecule has 24 heavy (non-hydrogen) atoms. The zero-order valence-electron chi connectivity index (χ0n) is 14.0. The number of anilines is 1. The summed E-state index contributed by atoms with van der Waals surface area (Å²) in [6.07, 6.45) is 5.82. The van der Waals surface area contributed by atoms with E-state index < -0.39 is 10.0 Å². The highest BCUT2D eigenvalue weighted by Gasteiger charge is 2.24. The van der Waals surface area contributed by atoms with E-state index in [0.717, 1.165) is 17.0 Å². The van der Waals surface area contributed by atoms with E-state index in [4.69, 9.17) is 0 Å². The van der Waals surface area contributed by atoms with E-state index in [0.29, 0.717) is 24.8 Å². The Morgan fingerprint density at radius 3 is 2.79 bits per heavy atom. The summed E-state index contributed by atoms with van der Waals surface area (Å²) in [5, 5.41) is 0.701. The second-order valence-corrected chi connectivity index (χ2v) is 9.56. The summed E-state index contributed by atoms with van der Waals surface area (Å²) in [7, 11) is -3.48. The number of carbonyl (C=O) groups is 1. The fraction of sp³-hybridized carbons (Fsp3) is 0.588. The highest BCUT2D eigenvalue weighted by molar-refractivity contribution is 8.00. The highest BCUT2D eigenvalue weighted by atomic mass is 32.2. The number of hydrogen-bond donors (Lipinski definition) is 1. The van der Waals surface area contributed by atoms with E-state index in [-0.39, 0.29) is 10.8 Å². The van der Waals surface area contributed by atoms with Crippen LogP contribution in [0.5, 0.6) is 0 Å². The number of nitrogens with zero attached hydrogens (tertiary/aromatic N) is 1. The first-order chi connectivity index (χ1) is 11.5. The monoisotopic (exact) mass is 368 g/mol. The van der Waals surface area contributed by atoms with Crippen molar-refractivity contribution in [2.75, 3.05) is 23.7 Å². The molecule has 0 bridgehead atoms. The molecule has 3 rings (SSSR count). The maximum atomic E-state index is 12.4. The summed E-state index contributed by atoms with van der Waals surface area (Å²) >= 11 is 1.87. The first-order valence-electron chi connectivity index (χ1n) is 8.50. The number of nitrogens with one attached hydrogen (secondary N) is 1. The Kier molecular flexibility index (Phi) is 5.52. The van der Waals surface area contributed by atoms with Crippen LogP contribution in [0.2, 0.25) is 0 Å². The van der Waals surface area contributed by atoms with Gasteiger partial charge in [0.15, 0.2) is 0 Å². The predicted molar refractivity (Wildman–Crippen MR) is 98.1 cm³/mol. The second kappa shape index (κ2) is 7.45. The van der Waals surface area contributed by atoms with Gasteiger partial charge in [0.1, 0.15) is 0 Å². The van der Waals surface area contributed by atoms with Crippen LogP contribution in [0.4, 0.5) is 5.69 Å². The van der Waals surface area contributed by atoms with E-state index in [1.54, 1.807) is 23.1 Å². The molecule has 1 heterocycles. The summed E-state index contributed by atoms with van der Waals surface area (Å²) < 4.78 is 27.6. The van der Waals surface area contributed by atoms with Crippen molar-refractivity contribution in [2.24, 2.45) is 0 Å². The number of hydrogen-bond acceptors (Lipinski definition) is 4. The van der Waals surface area contributed by atoms with Gasteiger partial charge in [0, 0.05) is 36.7 Å². The fourth-order valence-corrected chi connectivity index (χ4v) is 5.84. The minimum absolute atomic E-state index is 0.00794. The molecule has 1 aliphatic heterocycles. The summed E-state index contributed by atoms with van der Waals surface area (Å²) in [5.41, 5.74) is 1.76. The lowest BCUT2D eigenvalue weighted by molar-refractivity contribution is -0.116. The van der Waals surface area contributed by atoms with E-state index in [1.165, 1.54) is 32.6 Å². The van der Waals surface area contributed by atoms with E-state index >= 15 is 0 Å². The van der Waals surface area contributed by atoms with Crippen molar-refractivity contribution >= 4 is 33.4 Å². The first-order valence-corrected chi connectivity index (χ1v) is 11.0. The smallest absolute Gasteiger partial charge is 0.240 e. The van der Waals surface area contributed by atoms with Gasteiger partial charge in [0.25, 0.3) is 0 Å². The van der Waals surface area contributed by atoms with Crippen molar-refractivity contribution in [2.45, 2.75) is 49.2 Å². The summed E-state index contributed by atoms with van der Waals surface area (Å²) in [6, 6.07) is 5.03. The van der Waals surface area contributed by atoms with Crippen LogP contribution in [0.15, 0.2) is 23.1 Å². The largest absolute Gasteiger partial charge is 0.312 e. The number of fused-ring (bicyclic) bond motifs is 1. The maximum Gasteiger partial charge on any atom is 0.240 e. The van der Waals surface area contributed by atoms with Crippen LogP contribution >= 0.6 is 11.8 Å². The SMILES string of the molecule is CC(=O)N1CCc2cc(S(=O)(=O)NCCSC3CCCC3)ccc21. The van der Waals surface area contributed by atoms with Crippen LogP contribution in [0.3, 0.4) is 0 Å². The topological polar surface area (TPSA) is 66.5 Å². The number of sulfonamides is 1. The molecule has 1 fully saturated rings.